The molecule has 0 aromatic heterocycles. The molecule has 0 saturated heterocycles. The fourth-order valence-electron chi connectivity index (χ4n) is 2.69. The number of amides is 2. The van der Waals surface area contributed by atoms with E-state index in [2.05, 4.69) is 5.32 Å². The SMILES string of the molecule is NC(=O)c1cc(NC(=O)C2CCCCCC2N)ccc1F. The van der Waals surface area contributed by atoms with Gasteiger partial charge in [-0.3, -0.25) is 9.59 Å². The maximum atomic E-state index is 13.4. The lowest BCUT2D eigenvalue weighted by atomic mass is 9.94. The van der Waals surface area contributed by atoms with Crippen LogP contribution in [0.3, 0.4) is 0 Å². The molecule has 1 aliphatic rings. The van der Waals surface area contributed by atoms with Gasteiger partial charge in [-0.2, -0.15) is 0 Å². The number of benzene rings is 1. The maximum Gasteiger partial charge on any atom is 0.251 e. The molecule has 2 rings (SSSR count). The summed E-state index contributed by atoms with van der Waals surface area (Å²) in [5.74, 6) is -2.01. The average molecular weight is 293 g/mol. The Morgan fingerprint density at radius 1 is 1.19 bits per heavy atom. The molecular formula is C15H20FN3O2. The van der Waals surface area contributed by atoms with Crippen molar-refractivity contribution in [2.24, 2.45) is 17.4 Å². The predicted octanol–water partition coefficient (Wildman–Crippen LogP) is 1.77. The molecule has 1 saturated carbocycles. The minimum Gasteiger partial charge on any atom is -0.366 e. The van der Waals surface area contributed by atoms with Crippen LogP contribution in [0.5, 0.6) is 0 Å². The summed E-state index contributed by atoms with van der Waals surface area (Å²) in [5, 5.41) is 2.70. The Balaban J connectivity index is 2.11. The van der Waals surface area contributed by atoms with Crippen LogP contribution in [0.1, 0.15) is 42.5 Å². The minimum atomic E-state index is -0.866. The van der Waals surface area contributed by atoms with E-state index in [0.29, 0.717) is 5.69 Å². The first kappa shape index (κ1) is 15.4. The summed E-state index contributed by atoms with van der Waals surface area (Å²) in [5.41, 5.74) is 11.2. The summed E-state index contributed by atoms with van der Waals surface area (Å²) in [7, 11) is 0. The highest BCUT2D eigenvalue weighted by Crippen LogP contribution is 2.24. The first-order valence-corrected chi connectivity index (χ1v) is 7.15. The van der Waals surface area contributed by atoms with Crippen molar-refractivity contribution >= 4 is 17.5 Å². The van der Waals surface area contributed by atoms with Crippen LogP contribution in [0.25, 0.3) is 0 Å². The molecule has 5 N–H and O–H groups in total. The lowest BCUT2D eigenvalue weighted by Gasteiger charge is -2.20. The van der Waals surface area contributed by atoms with Gasteiger partial charge < -0.3 is 16.8 Å². The van der Waals surface area contributed by atoms with Gasteiger partial charge in [-0.05, 0) is 31.0 Å². The zero-order valence-electron chi connectivity index (χ0n) is 11.8. The molecule has 21 heavy (non-hydrogen) atoms. The van der Waals surface area contributed by atoms with Crippen LogP contribution < -0.4 is 16.8 Å². The number of carbonyl (C=O) groups is 2. The van der Waals surface area contributed by atoms with E-state index in [-0.39, 0.29) is 23.4 Å². The third kappa shape index (κ3) is 3.78. The molecule has 0 heterocycles. The Hall–Kier alpha value is -1.95. The normalized spacial score (nSPS) is 22.4. The second kappa shape index (κ2) is 6.67. The van der Waals surface area contributed by atoms with Crippen molar-refractivity contribution in [2.75, 3.05) is 5.32 Å². The van der Waals surface area contributed by atoms with Gasteiger partial charge in [0, 0.05) is 11.7 Å². The van der Waals surface area contributed by atoms with Crippen molar-refractivity contribution < 1.29 is 14.0 Å². The first-order chi connectivity index (χ1) is 9.99. The molecule has 0 bridgehead atoms. The summed E-state index contributed by atoms with van der Waals surface area (Å²) in [4.78, 5) is 23.4. The number of rotatable bonds is 3. The Morgan fingerprint density at radius 2 is 1.90 bits per heavy atom. The minimum absolute atomic E-state index is 0.163. The molecule has 0 aliphatic heterocycles. The van der Waals surface area contributed by atoms with Crippen molar-refractivity contribution in [1.82, 2.24) is 0 Å². The zero-order valence-corrected chi connectivity index (χ0v) is 11.8. The Morgan fingerprint density at radius 3 is 2.62 bits per heavy atom. The Bertz CT molecular complexity index is 548. The second-order valence-corrected chi connectivity index (χ2v) is 5.46. The fraction of sp³-hybridized carbons (Fsp3) is 0.467. The molecule has 5 nitrogen and oxygen atoms in total. The van der Waals surface area contributed by atoms with Crippen LogP contribution in [0.15, 0.2) is 18.2 Å². The largest absolute Gasteiger partial charge is 0.366 e. The lowest BCUT2D eigenvalue weighted by Crippen LogP contribution is -2.37. The molecular weight excluding hydrogens is 273 g/mol. The van der Waals surface area contributed by atoms with Gasteiger partial charge in [-0.25, -0.2) is 4.39 Å². The molecule has 0 spiro atoms. The Labute approximate surface area is 122 Å². The highest BCUT2D eigenvalue weighted by molar-refractivity contribution is 5.97. The predicted molar refractivity (Wildman–Crippen MR) is 78.1 cm³/mol. The topological polar surface area (TPSA) is 98.2 Å². The van der Waals surface area contributed by atoms with E-state index < -0.39 is 11.7 Å². The molecule has 1 aromatic carbocycles. The summed E-state index contributed by atoms with van der Waals surface area (Å²) in [6.45, 7) is 0. The Kier molecular flexibility index (Phi) is 4.90. The van der Waals surface area contributed by atoms with Crippen molar-refractivity contribution in [3.05, 3.63) is 29.6 Å². The number of nitrogens with one attached hydrogen (secondary N) is 1. The van der Waals surface area contributed by atoms with Gasteiger partial charge in [0.2, 0.25) is 5.91 Å². The monoisotopic (exact) mass is 293 g/mol. The van der Waals surface area contributed by atoms with E-state index in [9.17, 15) is 14.0 Å². The number of halogens is 1. The number of primary amides is 1. The highest BCUT2D eigenvalue weighted by Gasteiger charge is 2.27. The third-order valence-corrected chi connectivity index (χ3v) is 3.91. The summed E-state index contributed by atoms with van der Waals surface area (Å²) >= 11 is 0. The number of nitrogens with two attached hydrogens (primary N) is 2. The van der Waals surface area contributed by atoms with Crippen LogP contribution >= 0.6 is 0 Å². The maximum absolute atomic E-state index is 13.4. The van der Waals surface area contributed by atoms with Gasteiger partial charge in [0.25, 0.3) is 5.91 Å². The first-order valence-electron chi connectivity index (χ1n) is 7.15. The fourth-order valence-corrected chi connectivity index (χ4v) is 2.69. The average Bonchev–Trinajstić information content (AvgIpc) is 2.65. The lowest BCUT2D eigenvalue weighted by molar-refractivity contribution is -0.120. The van der Waals surface area contributed by atoms with Gasteiger partial charge >= 0.3 is 0 Å². The molecule has 2 amide bonds. The van der Waals surface area contributed by atoms with E-state index in [0.717, 1.165) is 38.2 Å². The molecule has 1 fully saturated rings. The third-order valence-electron chi connectivity index (χ3n) is 3.91. The molecule has 2 unspecified atom stereocenters. The van der Waals surface area contributed by atoms with Gasteiger partial charge in [0.05, 0.1) is 11.5 Å². The van der Waals surface area contributed by atoms with Crippen molar-refractivity contribution in [2.45, 2.75) is 38.1 Å². The van der Waals surface area contributed by atoms with E-state index >= 15 is 0 Å². The molecule has 1 aromatic rings. The molecule has 1 aliphatic carbocycles. The van der Waals surface area contributed by atoms with Crippen LogP contribution in [-0.4, -0.2) is 17.9 Å². The van der Waals surface area contributed by atoms with E-state index in [1.54, 1.807) is 0 Å². The molecule has 6 heteroatoms. The van der Waals surface area contributed by atoms with E-state index in [1.165, 1.54) is 12.1 Å². The summed E-state index contributed by atoms with van der Waals surface area (Å²) in [6, 6.07) is 3.60. The quantitative estimate of drug-likeness (QED) is 0.741. The van der Waals surface area contributed by atoms with Crippen molar-refractivity contribution in [3.8, 4) is 0 Å². The van der Waals surface area contributed by atoms with Gasteiger partial charge in [0.1, 0.15) is 5.82 Å². The molecule has 0 radical (unpaired) electrons. The van der Waals surface area contributed by atoms with E-state index in [4.69, 9.17) is 11.5 Å². The number of carbonyl (C=O) groups excluding carboxylic acids is 2. The number of hydrogen-bond donors (Lipinski definition) is 3. The van der Waals surface area contributed by atoms with Crippen LogP contribution in [0.4, 0.5) is 10.1 Å². The van der Waals surface area contributed by atoms with Crippen LogP contribution in [-0.2, 0) is 4.79 Å². The van der Waals surface area contributed by atoms with Crippen molar-refractivity contribution in [1.29, 1.82) is 0 Å². The second-order valence-electron chi connectivity index (χ2n) is 5.46. The number of hydrogen-bond acceptors (Lipinski definition) is 3. The smallest absolute Gasteiger partial charge is 0.251 e. The van der Waals surface area contributed by atoms with Gasteiger partial charge in [-0.1, -0.05) is 19.3 Å². The molecule has 2 atom stereocenters. The van der Waals surface area contributed by atoms with Crippen LogP contribution in [0.2, 0.25) is 0 Å². The van der Waals surface area contributed by atoms with E-state index in [1.807, 2.05) is 0 Å². The summed E-state index contributed by atoms with van der Waals surface area (Å²) < 4.78 is 13.4. The standard InChI is InChI=1S/C15H20FN3O2/c16-12-7-6-9(8-11(12)14(18)20)19-15(21)10-4-2-1-3-5-13(10)17/h6-8,10,13H,1-5,17H2,(H2,18,20)(H,19,21). The highest BCUT2D eigenvalue weighted by atomic mass is 19.1. The van der Waals surface area contributed by atoms with Gasteiger partial charge in [0.15, 0.2) is 0 Å². The van der Waals surface area contributed by atoms with Crippen LogP contribution in [0, 0.1) is 11.7 Å². The zero-order chi connectivity index (χ0) is 15.4. The number of anilines is 1. The molecule has 114 valence electrons. The summed E-state index contributed by atoms with van der Waals surface area (Å²) in [6.07, 6.45) is 4.67. The van der Waals surface area contributed by atoms with Crippen molar-refractivity contribution in [3.63, 3.8) is 0 Å². The van der Waals surface area contributed by atoms with Gasteiger partial charge in [-0.15, -0.1) is 0 Å².